The SMILES string of the molecule is Cc1ccc(-c2cn3c(n2)sc2cc(C(=O)N4CCN(c5cc(C)ccc5C)CC4)ccc23)cc1. The number of rotatable bonds is 3. The van der Waals surface area contributed by atoms with Gasteiger partial charge in [-0.25, -0.2) is 4.98 Å². The predicted molar refractivity (Wildman–Crippen MR) is 145 cm³/mol. The van der Waals surface area contributed by atoms with E-state index in [9.17, 15) is 4.79 Å². The Morgan fingerprint density at radius 1 is 0.857 bits per heavy atom. The minimum absolute atomic E-state index is 0.110. The van der Waals surface area contributed by atoms with Gasteiger partial charge in [-0.3, -0.25) is 9.20 Å². The zero-order valence-corrected chi connectivity index (χ0v) is 21.1. The van der Waals surface area contributed by atoms with Crippen LogP contribution in [0.1, 0.15) is 27.0 Å². The molecule has 1 aliphatic heterocycles. The largest absolute Gasteiger partial charge is 0.368 e. The molecule has 3 aromatic carbocycles. The summed E-state index contributed by atoms with van der Waals surface area (Å²) >= 11 is 1.63. The van der Waals surface area contributed by atoms with Crippen LogP contribution in [0.2, 0.25) is 0 Å². The highest BCUT2D eigenvalue weighted by Crippen LogP contribution is 2.31. The number of imidazole rings is 1. The quantitative estimate of drug-likeness (QED) is 0.313. The first-order valence-corrected chi connectivity index (χ1v) is 12.9. The molecule has 5 nitrogen and oxygen atoms in total. The normalized spacial score (nSPS) is 14.3. The van der Waals surface area contributed by atoms with Crippen LogP contribution in [0.25, 0.3) is 26.4 Å². The number of hydrogen-bond acceptors (Lipinski definition) is 4. The molecule has 0 N–H and O–H groups in total. The minimum atomic E-state index is 0.110. The van der Waals surface area contributed by atoms with E-state index in [0.717, 1.165) is 58.2 Å². The number of carbonyl (C=O) groups excluding carboxylic acids is 1. The number of carbonyl (C=O) groups is 1. The highest BCUT2D eigenvalue weighted by Gasteiger charge is 2.24. The van der Waals surface area contributed by atoms with E-state index in [1.165, 1.54) is 22.4 Å². The van der Waals surface area contributed by atoms with Crippen LogP contribution in [-0.2, 0) is 0 Å². The summed E-state index contributed by atoms with van der Waals surface area (Å²) < 4.78 is 3.22. The molecular formula is C29H28N4OS. The number of hydrogen-bond donors (Lipinski definition) is 0. The Morgan fingerprint density at radius 3 is 2.37 bits per heavy atom. The molecule has 5 aromatic rings. The number of amides is 1. The molecule has 1 saturated heterocycles. The molecule has 0 unspecified atom stereocenters. The van der Waals surface area contributed by atoms with Crippen LogP contribution in [0.4, 0.5) is 5.69 Å². The molecule has 35 heavy (non-hydrogen) atoms. The van der Waals surface area contributed by atoms with Crippen LogP contribution in [-0.4, -0.2) is 46.4 Å². The maximum absolute atomic E-state index is 13.3. The van der Waals surface area contributed by atoms with Crippen molar-refractivity contribution in [3.8, 4) is 11.3 Å². The van der Waals surface area contributed by atoms with Crippen molar-refractivity contribution in [3.63, 3.8) is 0 Å². The second-order valence-electron chi connectivity index (χ2n) is 9.50. The Kier molecular flexibility index (Phi) is 5.33. The van der Waals surface area contributed by atoms with E-state index in [0.29, 0.717) is 0 Å². The van der Waals surface area contributed by atoms with Crippen molar-refractivity contribution >= 4 is 38.1 Å². The molecule has 6 rings (SSSR count). The first-order chi connectivity index (χ1) is 17.0. The number of nitrogens with zero attached hydrogens (tertiary/aromatic N) is 4. The fourth-order valence-electron chi connectivity index (χ4n) is 4.89. The van der Waals surface area contributed by atoms with Crippen LogP contribution >= 0.6 is 11.3 Å². The zero-order chi connectivity index (χ0) is 24.1. The van der Waals surface area contributed by atoms with Gasteiger partial charge >= 0.3 is 0 Å². The smallest absolute Gasteiger partial charge is 0.254 e. The summed E-state index contributed by atoms with van der Waals surface area (Å²) in [5.74, 6) is 0.110. The summed E-state index contributed by atoms with van der Waals surface area (Å²) in [6.45, 7) is 9.55. The molecule has 0 radical (unpaired) electrons. The van der Waals surface area contributed by atoms with Gasteiger partial charge in [-0.15, -0.1) is 0 Å². The van der Waals surface area contributed by atoms with Gasteiger partial charge in [0.1, 0.15) is 0 Å². The Balaban J connectivity index is 1.21. The average Bonchev–Trinajstić information content (AvgIpc) is 3.43. The molecule has 176 valence electrons. The van der Waals surface area contributed by atoms with Gasteiger partial charge in [-0.1, -0.05) is 53.3 Å². The first kappa shape index (κ1) is 21.9. The second kappa shape index (κ2) is 8.54. The van der Waals surface area contributed by atoms with Gasteiger partial charge in [0.2, 0.25) is 0 Å². The topological polar surface area (TPSA) is 40.9 Å². The highest BCUT2D eigenvalue weighted by molar-refractivity contribution is 7.23. The molecule has 0 aliphatic carbocycles. The van der Waals surface area contributed by atoms with Crippen molar-refractivity contribution in [1.29, 1.82) is 0 Å². The molecule has 0 atom stereocenters. The molecule has 1 fully saturated rings. The van der Waals surface area contributed by atoms with Gasteiger partial charge in [-0.05, 0) is 56.2 Å². The van der Waals surface area contributed by atoms with Gasteiger partial charge in [0, 0.05) is 49.2 Å². The third-order valence-corrected chi connectivity index (χ3v) is 7.98. The number of fused-ring (bicyclic) bond motifs is 3. The molecule has 0 saturated carbocycles. The number of piperazine rings is 1. The third kappa shape index (κ3) is 3.98. The Morgan fingerprint density at radius 2 is 1.60 bits per heavy atom. The minimum Gasteiger partial charge on any atom is -0.368 e. The highest BCUT2D eigenvalue weighted by atomic mass is 32.1. The van der Waals surface area contributed by atoms with Crippen molar-refractivity contribution < 1.29 is 4.79 Å². The zero-order valence-electron chi connectivity index (χ0n) is 20.3. The molecule has 3 heterocycles. The van der Waals surface area contributed by atoms with Crippen molar-refractivity contribution in [3.05, 3.63) is 89.1 Å². The van der Waals surface area contributed by atoms with Gasteiger partial charge in [0.05, 0.1) is 15.9 Å². The fourth-order valence-corrected chi connectivity index (χ4v) is 5.94. The summed E-state index contributed by atoms with van der Waals surface area (Å²) in [5.41, 5.74) is 9.01. The number of anilines is 1. The Hall–Kier alpha value is -3.64. The maximum atomic E-state index is 13.3. The second-order valence-corrected chi connectivity index (χ2v) is 10.5. The van der Waals surface area contributed by atoms with Crippen LogP contribution in [0.15, 0.2) is 66.9 Å². The number of aryl methyl sites for hydroxylation is 3. The van der Waals surface area contributed by atoms with Crippen molar-refractivity contribution in [2.75, 3.05) is 31.1 Å². The van der Waals surface area contributed by atoms with Crippen LogP contribution in [0.3, 0.4) is 0 Å². The van der Waals surface area contributed by atoms with E-state index in [2.05, 4.69) is 84.8 Å². The van der Waals surface area contributed by atoms with E-state index in [1.54, 1.807) is 11.3 Å². The lowest BCUT2D eigenvalue weighted by molar-refractivity contribution is 0.0747. The lowest BCUT2D eigenvalue weighted by Crippen LogP contribution is -2.49. The molecule has 6 heteroatoms. The van der Waals surface area contributed by atoms with Gasteiger partial charge in [0.25, 0.3) is 5.91 Å². The molecule has 2 aromatic heterocycles. The van der Waals surface area contributed by atoms with Crippen molar-refractivity contribution in [2.45, 2.75) is 20.8 Å². The summed E-state index contributed by atoms with van der Waals surface area (Å²) in [5, 5.41) is 0. The summed E-state index contributed by atoms with van der Waals surface area (Å²) in [7, 11) is 0. The van der Waals surface area contributed by atoms with E-state index < -0.39 is 0 Å². The van der Waals surface area contributed by atoms with Crippen molar-refractivity contribution in [2.24, 2.45) is 0 Å². The number of benzene rings is 3. The molecule has 1 aliphatic rings. The molecule has 0 bridgehead atoms. The van der Waals surface area contributed by atoms with Crippen LogP contribution in [0.5, 0.6) is 0 Å². The van der Waals surface area contributed by atoms with Gasteiger partial charge in [0.15, 0.2) is 4.96 Å². The van der Waals surface area contributed by atoms with Gasteiger partial charge < -0.3 is 9.80 Å². The fraction of sp³-hybridized carbons (Fsp3) is 0.241. The molecule has 1 amide bonds. The van der Waals surface area contributed by atoms with Crippen molar-refractivity contribution in [1.82, 2.24) is 14.3 Å². The number of aromatic nitrogens is 2. The summed E-state index contributed by atoms with van der Waals surface area (Å²) in [6, 6.07) is 21.1. The Labute approximate surface area is 209 Å². The monoisotopic (exact) mass is 480 g/mol. The predicted octanol–water partition coefficient (Wildman–Crippen LogP) is 6.10. The lowest BCUT2D eigenvalue weighted by Gasteiger charge is -2.37. The van der Waals surface area contributed by atoms with E-state index in [-0.39, 0.29) is 5.91 Å². The van der Waals surface area contributed by atoms with Crippen LogP contribution < -0.4 is 4.90 Å². The third-order valence-electron chi connectivity index (χ3n) is 6.96. The average molecular weight is 481 g/mol. The first-order valence-electron chi connectivity index (χ1n) is 12.1. The summed E-state index contributed by atoms with van der Waals surface area (Å²) in [4.78, 5) is 23.5. The van der Waals surface area contributed by atoms with E-state index in [1.807, 2.05) is 17.0 Å². The standard InChI is InChI=1S/C29H28N4OS/c1-19-5-8-22(9-6-19)24-18-33-25-11-10-23(17-27(25)35-29(33)30-24)28(34)32-14-12-31(13-15-32)26-16-20(2)4-7-21(26)3/h4-11,16-18H,12-15H2,1-3H3. The molecular weight excluding hydrogens is 452 g/mol. The van der Waals surface area contributed by atoms with Crippen LogP contribution in [0, 0.1) is 20.8 Å². The van der Waals surface area contributed by atoms with E-state index in [4.69, 9.17) is 4.98 Å². The molecule has 0 spiro atoms. The lowest BCUT2D eigenvalue weighted by atomic mass is 10.1. The van der Waals surface area contributed by atoms with E-state index >= 15 is 0 Å². The number of thiazole rings is 1. The maximum Gasteiger partial charge on any atom is 0.254 e. The summed E-state index contributed by atoms with van der Waals surface area (Å²) in [6.07, 6.45) is 2.09. The Bertz CT molecular complexity index is 1560. The van der Waals surface area contributed by atoms with Gasteiger partial charge in [-0.2, -0.15) is 0 Å².